The molecular formula is C16H13NO5S. The third-order valence-corrected chi connectivity index (χ3v) is 3.98. The minimum Gasteiger partial charge on any atom is -0.378 e. The molecule has 0 N–H and O–H groups in total. The van der Waals surface area contributed by atoms with E-state index in [9.17, 15) is 13.8 Å². The zero-order valence-electron chi connectivity index (χ0n) is 12.4. The summed E-state index contributed by atoms with van der Waals surface area (Å²) in [6, 6.07) is 11.7. The molecule has 1 heterocycles. The number of nitrogens with zero attached hydrogens (tertiary/aromatic N) is 1. The fourth-order valence-corrected chi connectivity index (χ4v) is 2.80. The van der Waals surface area contributed by atoms with E-state index in [1.165, 1.54) is 12.1 Å². The van der Waals surface area contributed by atoms with Crippen molar-refractivity contribution in [3.8, 4) is 5.75 Å². The first-order chi connectivity index (χ1) is 11.0. The number of amides is 2. The minimum absolute atomic E-state index is 0.209. The van der Waals surface area contributed by atoms with Gasteiger partial charge in [0.1, 0.15) is 5.75 Å². The number of carbonyl (C=O) groups excluding carboxylic acids is 2. The second-order valence-electron chi connectivity index (χ2n) is 5.08. The van der Waals surface area contributed by atoms with E-state index in [1.54, 1.807) is 25.1 Å². The molecule has 0 fully saturated rings. The lowest BCUT2D eigenvalue weighted by atomic mass is 10.1. The Labute approximate surface area is 135 Å². The van der Waals surface area contributed by atoms with Gasteiger partial charge in [0.15, 0.2) is 0 Å². The Morgan fingerprint density at radius 3 is 2.17 bits per heavy atom. The Kier molecular flexibility index (Phi) is 3.97. The maximum Gasteiger partial charge on any atom is 0.383 e. The molecule has 118 valence electrons. The highest BCUT2D eigenvalue weighted by Crippen LogP contribution is 2.25. The topological polar surface area (TPSA) is 72.9 Å². The number of hydrogen-bond donors (Lipinski definition) is 0. The first-order valence-corrected chi connectivity index (χ1v) is 7.81. The molecule has 1 aliphatic rings. The van der Waals surface area contributed by atoms with Gasteiger partial charge in [0.05, 0.1) is 11.1 Å². The Bertz CT molecular complexity index is 798. The number of rotatable bonds is 4. The molecular weight excluding hydrogens is 318 g/mol. The van der Waals surface area contributed by atoms with E-state index in [2.05, 4.69) is 0 Å². The maximum absolute atomic E-state index is 12.1. The molecule has 1 aliphatic heterocycles. The third-order valence-electron chi connectivity index (χ3n) is 3.39. The standard InChI is InChI=1S/C16H13NO5S/c1-10-7-8-11(2)14(9-10)21-23(20)22-17-15(18)12-5-3-4-6-13(12)16(17)19/h3-9H,1-2H3. The zero-order chi connectivity index (χ0) is 16.6. The first kappa shape index (κ1) is 15.4. The molecule has 23 heavy (non-hydrogen) atoms. The lowest BCUT2D eigenvalue weighted by Gasteiger charge is -2.12. The van der Waals surface area contributed by atoms with Crippen molar-refractivity contribution < 1.29 is 22.3 Å². The van der Waals surface area contributed by atoms with Gasteiger partial charge in [0, 0.05) is 0 Å². The van der Waals surface area contributed by atoms with Crippen LogP contribution >= 0.6 is 0 Å². The van der Waals surface area contributed by atoms with Crippen LogP contribution in [-0.2, 0) is 15.6 Å². The highest BCUT2D eigenvalue weighted by molar-refractivity contribution is 7.75. The largest absolute Gasteiger partial charge is 0.383 e. The number of hydroxylamine groups is 2. The molecule has 0 aromatic heterocycles. The van der Waals surface area contributed by atoms with Crippen LogP contribution in [0.4, 0.5) is 0 Å². The normalized spacial score (nSPS) is 14.8. The van der Waals surface area contributed by atoms with E-state index in [4.69, 9.17) is 8.47 Å². The summed E-state index contributed by atoms with van der Waals surface area (Å²) < 4.78 is 22.1. The summed E-state index contributed by atoms with van der Waals surface area (Å²) in [7, 11) is 0. The fourth-order valence-electron chi connectivity index (χ4n) is 2.18. The first-order valence-electron chi connectivity index (χ1n) is 6.81. The highest BCUT2D eigenvalue weighted by atomic mass is 32.2. The predicted octanol–water partition coefficient (Wildman–Crippen LogP) is 2.49. The maximum atomic E-state index is 12.1. The Morgan fingerprint density at radius 1 is 0.957 bits per heavy atom. The van der Waals surface area contributed by atoms with Crippen molar-refractivity contribution in [2.75, 3.05) is 0 Å². The minimum atomic E-state index is -2.32. The van der Waals surface area contributed by atoms with E-state index >= 15 is 0 Å². The molecule has 0 spiro atoms. The molecule has 0 bridgehead atoms. The summed E-state index contributed by atoms with van der Waals surface area (Å²) in [5.74, 6) is -0.966. The predicted molar refractivity (Wildman–Crippen MR) is 82.7 cm³/mol. The van der Waals surface area contributed by atoms with Crippen molar-refractivity contribution in [3.63, 3.8) is 0 Å². The molecule has 1 unspecified atom stereocenters. The quantitative estimate of drug-likeness (QED) is 0.805. The summed E-state index contributed by atoms with van der Waals surface area (Å²) >= 11 is -2.32. The van der Waals surface area contributed by atoms with Gasteiger partial charge in [-0.3, -0.25) is 9.59 Å². The summed E-state index contributed by atoms with van der Waals surface area (Å²) in [6.45, 7) is 3.65. The van der Waals surface area contributed by atoms with Gasteiger partial charge in [-0.25, -0.2) is 0 Å². The summed E-state index contributed by atoms with van der Waals surface area (Å²) in [4.78, 5) is 24.2. The van der Waals surface area contributed by atoms with E-state index in [0.717, 1.165) is 11.1 Å². The van der Waals surface area contributed by atoms with Crippen LogP contribution in [0.25, 0.3) is 0 Å². The van der Waals surface area contributed by atoms with Gasteiger partial charge in [-0.1, -0.05) is 24.3 Å². The summed E-state index contributed by atoms with van der Waals surface area (Å²) in [5, 5.41) is 0.464. The van der Waals surface area contributed by atoms with Crippen LogP contribution in [-0.4, -0.2) is 21.1 Å². The van der Waals surface area contributed by atoms with Crippen molar-refractivity contribution >= 4 is 23.2 Å². The number of carbonyl (C=O) groups is 2. The number of aryl methyl sites for hydroxylation is 2. The van der Waals surface area contributed by atoms with E-state index in [0.29, 0.717) is 10.8 Å². The van der Waals surface area contributed by atoms with Crippen molar-refractivity contribution in [2.45, 2.75) is 13.8 Å². The SMILES string of the molecule is Cc1ccc(C)c(OS(=O)ON2C(=O)c3ccccc3C2=O)c1. The molecule has 0 saturated carbocycles. The lowest BCUT2D eigenvalue weighted by molar-refractivity contribution is -0.0106. The van der Waals surface area contributed by atoms with Gasteiger partial charge < -0.3 is 4.18 Å². The van der Waals surface area contributed by atoms with Gasteiger partial charge >= 0.3 is 11.4 Å². The molecule has 0 saturated heterocycles. The molecule has 1 atom stereocenters. The van der Waals surface area contributed by atoms with Gasteiger partial charge in [-0.15, -0.1) is 9.35 Å². The van der Waals surface area contributed by atoms with Crippen LogP contribution in [0.1, 0.15) is 31.8 Å². The van der Waals surface area contributed by atoms with Crippen LogP contribution in [0, 0.1) is 13.8 Å². The zero-order valence-corrected chi connectivity index (χ0v) is 13.3. The van der Waals surface area contributed by atoms with E-state index < -0.39 is 23.2 Å². The van der Waals surface area contributed by atoms with Gasteiger partial charge in [-0.2, -0.15) is 4.21 Å². The smallest absolute Gasteiger partial charge is 0.378 e. The number of hydrogen-bond acceptors (Lipinski definition) is 5. The van der Waals surface area contributed by atoms with Crippen molar-refractivity contribution in [1.82, 2.24) is 5.06 Å². The van der Waals surface area contributed by atoms with E-state index in [-0.39, 0.29) is 11.1 Å². The second kappa shape index (κ2) is 5.94. The molecule has 0 aliphatic carbocycles. The fraction of sp³-hybridized carbons (Fsp3) is 0.125. The van der Waals surface area contributed by atoms with Gasteiger partial charge in [0.2, 0.25) is 0 Å². The van der Waals surface area contributed by atoms with Crippen molar-refractivity contribution in [1.29, 1.82) is 0 Å². The molecule has 0 radical (unpaired) electrons. The van der Waals surface area contributed by atoms with Crippen LogP contribution in [0.2, 0.25) is 0 Å². The Balaban J connectivity index is 1.76. The van der Waals surface area contributed by atoms with Crippen molar-refractivity contribution in [2.24, 2.45) is 0 Å². The summed E-state index contributed by atoms with van der Waals surface area (Å²) in [6.07, 6.45) is 0. The van der Waals surface area contributed by atoms with Gasteiger partial charge in [-0.05, 0) is 43.2 Å². The second-order valence-corrected chi connectivity index (χ2v) is 5.81. The molecule has 2 aromatic rings. The van der Waals surface area contributed by atoms with E-state index in [1.807, 2.05) is 19.1 Å². The van der Waals surface area contributed by atoms with Crippen LogP contribution in [0.3, 0.4) is 0 Å². The molecule has 3 rings (SSSR count). The molecule has 2 aromatic carbocycles. The average molecular weight is 331 g/mol. The number of imide groups is 1. The van der Waals surface area contributed by atoms with Crippen molar-refractivity contribution in [3.05, 3.63) is 64.7 Å². The average Bonchev–Trinajstić information content (AvgIpc) is 2.76. The number of fused-ring (bicyclic) bond motifs is 1. The lowest BCUT2D eigenvalue weighted by Crippen LogP contribution is -2.32. The van der Waals surface area contributed by atoms with Crippen LogP contribution < -0.4 is 4.18 Å². The Hall–Kier alpha value is -2.51. The van der Waals surface area contributed by atoms with Crippen LogP contribution in [0.5, 0.6) is 5.75 Å². The van der Waals surface area contributed by atoms with Crippen LogP contribution in [0.15, 0.2) is 42.5 Å². The monoisotopic (exact) mass is 331 g/mol. The molecule has 7 heteroatoms. The third kappa shape index (κ3) is 2.88. The highest BCUT2D eigenvalue weighted by Gasteiger charge is 2.38. The van der Waals surface area contributed by atoms with Gasteiger partial charge in [0.25, 0.3) is 11.8 Å². The summed E-state index contributed by atoms with van der Waals surface area (Å²) in [5.41, 5.74) is 2.10. The number of benzene rings is 2. The molecule has 2 amide bonds. The Morgan fingerprint density at radius 2 is 1.57 bits per heavy atom. The molecule has 6 nitrogen and oxygen atoms in total.